The van der Waals surface area contributed by atoms with Crippen LogP contribution in [0.2, 0.25) is 0 Å². The molecule has 82 valence electrons. The van der Waals surface area contributed by atoms with Crippen molar-refractivity contribution in [3.05, 3.63) is 22.4 Å². The Kier molecular flexibility index (Phi) is 3.07. The molecule has 1 aliphatic rings. The van der Waals surface area contributed by atoms with E-state index < -0.39 is 0 Å². The number of nitrogens with zero attached hydrogens (tertiary/aromatic N) is 1. The highest BCUT2D eigenvalue weighted by Gasteiger charge is 2.28. The molecule has 2 rings (SSSR count). The Bertz CT molecular complexity index is 336. The van der Waals surface area contributed by atoms with Crippen molar-refractivity contribution in [3.8, 4) is 0 Å². The van der Waals surface area contributed by atoms with Crippen LogP contribution in [0.15, 0.2) is 16.8 Å². The van der Waals surface area contributed by atoms with E-state index in [2.05, 4.69) is 0 Å². The Morgan fingerprint density at radius 2 is 2.40 bits per heavy atom. The van der Waals surface area contributed by atoms with E-state index in [1.807, 2.05) is 35.6 Å². The topological polar surface area (TPSA) is 29.5 Å². The molecule has 0 aromatic carbocycles. The van der Waals surface area contributed by atoms with Gasteiger partial charge >= 0.3 is 0 Å². The second kappa shape index (κ2) is 4.33. The van der Waals surface area contributed by atoms with E-state index in [9.17, 15) is 4.79 Å². The third-order valence-corrected chi connectivity index (χ3v) is 3.32. The number of carbonyl (C=O) groups is 1. The molecule has 1 aromatic rings. The molecule has 2 unspecified atom stereocenters. The van der Waals surface area contributed by atoms with E-state index in [-0.39, 0.29) is 18.1 Å². The molecule has 0 N–H and O–H groups in total. The molecule has 0 spiro atoms. The van der Waals surface area contributed by atoms with Gasteiger partial charge < -0.3 is 9.64 Å². The Balaban J connectivity index is 2.12. The molecular formula is C11H15NO2S. The van der Waals surface area contributed by atoms with Crippen LogP contribution in [-0.2, 0) is 4.74 Å². The maximum atomic E-state index is 12.1. The Labute approximate surface area is 93.7 Å². The first-order valence-corrected chi connectivity index (χ1v) is 6.07. The minimum absolute atomic E-state index is 0.124. The van der Waals surface area contributed by atoms with Crippen LogP contribution >= 0.6 is 11.3 Å². The lowest BCUT2D eigenvalue weighted by atomic mass is 10.1. The molecule has 0 aliphatic carbocycles. The molecule has 1 fully saturated rings. The summed E-state index contributed by atoms with van der Waals surface area (Å²) in [5.74, 6) is 0.124. The van der Waals surface area contributed by atoms with Gasteiger partial charge in [0.1, 0.15) is 0 Å². The first-order chi connectivity index (χ1) is 7.18. The van der Waals surface area contributed by atoms with Crippen molar-refractivity contribution in [1.29, 1.82) is 0 Å². The first kappa shape index (κ1) is 10.6. The largest absolute Gasteiger partial charge is 0.375 e. The minimum atomic E-state index is 0.124. The second-order valence-electron chi connectivity index (χ2n) is 3.96. The molecule has 1 saturated heterocycles. The van der Waals surface area contributed by atoms with Gasteiger partial charge in [-0.1, -0.05) is 0 Å². The highest BCUT2D eigenvalue weighted by molar-refractivity contribution is 7.08. The number of thiophene rings is 1. The number of hydrogen-bond acceptors (Lipinski definition) is 3. The maximum absolute atomic E-state index is 12.1. The molecule has 1 aromatic heterocycles. The van der Waals surface area contributed by atoms with Crippen LogP contribution in [0.25, 0.3) is 0 Å². The molecule has 0 bridgehead atoms. The monoisotopic (exact) mass is 225 g/mol. The zero-order chi connectivity index (χ0) is 10.8. The van der Waals surface area contributed by atoms with Crippen LogP contribution in [0.1, 0.15) is 24.2 Å². The predicted octanol–water partition coefficient (Wildman–Crippen LogP) is 2.00. The average molecular weight is 225 g/mol. The third-order valence-electron chi connectivity index (χ3n) is 2.64. The minimum Gasteiger partial charge on any atom is -0.375 e. The summed E-state index contributed by atoms with van der Waals surface area (Å²) in [7, 11) is 0. The number of morpholine rings is 1. The third kappa shape index (κ3) is 2.21. The van der Waals surface area contributed by atoms with Crippen LogP contribution in [-0.4, -0.2) is 36.1 Å². The van der Waals surface area contributed by atoms with Crippen molar-refractivity contribution in [2.45, 2.75) is 26.0 Å². The number of hydrogen-bond donors (Lipinski definition) is 0. The summed E-state index contributed by atoms with van der Waals surface area (Å²) in [6.07, 6.45) is 0.142. The van der Waals surface area contributed by atoms with Gasteiger partial charge in [-0.25, -0.2) is 0 Å². The lowest BCUT2D eigenvalue weighted by molar-refractivity contribution is -0.0386. The van der Waals surface area contributed by atoms with Crippen LogP contribution < -0.4 is 0 Å². The average Bonchev–Trinajstić information content (AvgIpc) is 2.74. The van der Waals surface area contributed by atoms with E-state index in [0.29, 0.717) is 13.2 Å². The lowest BCUT2D eigenvalue weighted by Gasteiger charge is -2.36. The summed E-state index contributed by atoms with van der Waals surface area (Å²) in [5, 5.41) is 3.83. The Morgan fingerprint density at radius 3 is 3.07 bits per heavy atom. The number of carbonyl (C=O) groups excluding carboxylic acids is 1. The smallest absolute Gasteiger partial charge is 0.255 e. The van der Waals surface area contributed by atoms with E-state index >= 15 is 0 Å². The molecule has 1 aliphatic heterocycles. The zero-order valence-corrected chi connectivity index (χ0v) is 9.79. The fourth-order valence-electron chi connectivity index (χ4n) is 1.74. The van der Waals surface area contributed by atoms with Crippen molar-refractivity contribution in [2.75, 3.05) is 13.2 Å². The molecule has 15 heavy (non-hydrogen) atoms. The summed E-state index contributed by atoms with van der Waals surface area (Å²) < 4.78 is 5.50. The molecule has 3 nitrogen and oxygen atoms in total. The Hall–Kier alpha value is -0.870. The molecule has 1 amide bonds. The zero-order valence-electron chi connectivity index (χ0n) is 8.97. The van der Waals surface area contributed by atoms with Gasteiger partial charge in [0.2, 0.25) is 0 Å². The maximum Gasteiger partial charge on any atom is 0.255 e. The molecule has 0 saturated carbocycles. The van der Waals surface area contributed by atoms with Gasteiger partial charge in [0.25, 0.3) is 5.91 Å². The summed E-state index contributed by atoms with van der Waals surface area (Å²) in [6, 6.07) is 2.05. The van der Waals surface area contributed by atoms with E-state index in [4.69, 9.17) is 4.74 Å². The van der Waals surface area contributed by atoms with E-state index in [1.54, 1.807) is 11.3 Å². The van der Waals surface area contributed by atoms with Crippen LogP contribution in [0.5, 0.6) is 0 Å². The first-order valence-electron chi connectivity index (χ1n) is 5.13. The van der Waals surface area contributed by atoms with Gasteiger partial charge in [0, 0.05) is 11.9 Å². The fraction of sp³-hybridized carbons (Fsp3) is 0.545. The van der Waals surface area contributed by atoms with Gasteiger partial charge in [-0.05, 0) is 25.3 Å². The Morgan fingerprint density at radius 1 is 1.60 bits per heavy atom. The van der Waals surface area contributed by atoms with Crippen LogP contribution in [0.3, 0.4) is 0 Å². The SMILES string of the molecule is CC1CN(C(=O)c2ccsc2)C(C)CO1. The van der Waals surface area contributed by atoms with Crippen molar-refractivity contribution >= 4 is 17.2 Å². The van der Waals surface area contributed by atoms with Crippen molar-refractivity contribution in [1.82, 2.24) is 4.90 Å². The van der Waals surface area contributed by atoms with Crippen molar-refractivity contribution < 1.29 is 9.53 Å². The van der Waals surface area contributed by atoms with Gasteiger partial charge in [0.15, 0.2) is 0 Å². The number of amides is 1. The normalized spacial score (nSPS) is 26.7. The molecule has 4 heteroatoms. The molecular weight excluding hydrogens is 210 g/mol. The quantitative estimate of drug-likeness (QED) is 0.731. The van der Waals surface area contributed by atoms with Crippen molar-refractivity contribution in [2.24, 2.45) is 0 Å². The summed E-state index contributed by atoms with van der Waals surface area (Å²) in [5.41, 5.74) is 0.793. The molecule has 0 radical (unpaired) electrons. The predicted molar refractivity (Wildman–Crippen MR) is 60.2 cm³/mol. The highest BCUT2D eigenvalue weighted by Crippen LogP contribution is 2.16. The van der Waals surface area contributed by atoms with E-state index in [1.165, 1.54) is 0 Å². The van der Waals surface area contributed by atoms with Gasteiger partial charge in [-0.15, -0.1) is 0 Å². The van der Waals surface area contributed by atoms with Crippen LogP contribution in [0, 0.1) is 0 Å². The highest BCUT2D eigenvalue weighted by atomic mass is 32.1. The van der Waals surface area contributed by atoms with Gasteiger partial charge in [-0.3, -0.25) is 4.79 Å². The summed E-state index contributed by atoms with van der Waals surface area (Å²) >= 11 is 1.56. The lowest BCUT2D eigenvalue weighted by Crippen LogP contribution is -2.50. The van der Waals surface area contributed by atoms with Crippen molar-refractivity contribution in [3.63, 3.8) is 0 Å². The second-order valence-corrected chi connectivity index (χ2v) is 4.74. The number of rotatable bonds is 1. The molecule has 2 heterocycles. The van der Waals surface area contributed by atoms with Crippen LogP contribution in [0.4, 0.5) is 0 Å². The summed E-state index contributed by atoms with van der Waals surface area (Å²) in [4.78, 5) is 14.0. The fourth-order valence-corrected chi connectivity index (χ4v) is 2.37. The van der Waals surface area contributed by atoms with E-state index in [0.717, 1.165) is 5.56 Å². The standard InChI is InChI=1S/C11H15NO2S/c1-8-6-14-9(2)5-12(8)11(13)10-3-4-15-7-10/h3-4,7-9H,5-6H2,1-2H3. The van der Waals surface area contributed by atoms with Gasteiger partial charge in [0.05, 0.1) is 24.3 Å². The number of ether oxygens (including phenoxy) is 1. The van der Waals surface area contributed by atoms with Gasteiger partial charge in [-0.2, -0.15) is 11.3 Å². The molecule has 2 atom stereocenters. The summed E-state index contributed by atoms with van der Waals surface area (Å²) in [6.45, 7) is 5.35.